The predicted octanol–water partition coefficient (Wildman–Crippen LogP) is 23.2. The first kappa shape index (κ1) is 98.7. The lowest BCUT2D eigenvalue weighted by Gasteiger charge is -2.21. The Balaban J connectivity index is 5.44. The van der Waals surface area contributed by atoms with Crippen LogP contribution in [0, 0.1) is 0 Å². The van der Waals surface area contributed by atoms with E-state index in [1.54, 1.807) is 12.2 Å². The number of carbonyl (C=O) groups is 4. The van der Waals surface area contributed by atoms with Gasteiger partial charge in [-0.2, -0.15) is 0 Å². The number of aliphatic hydroxyl groups is 1. The van der Waals surface area contributed by atoms with E-state index in [0.29, 0.717) is 25.7 Å². The summed E-state index contributed by atoms with van der Waals surface area (Å²) in [6.45, 7) is 4.39. The molecule has 0 fully saturated rings. The van der Waals surface area contributed by atoms with E-state index in [-0.39, 0.29) is 25.7 Å². The second-order valence-corrected chi connectivity index (χ2v) is 28.8. The minimum atomic E-state index is -5.01. The smallest absolute Gasteiger partial charge is 0.462 e. The van der Waals surface area contributed by atoms with Gasteiger partial charge in [0, 0.05) is 19.3 Å². The third-order valence-corrected chi connectivity index (χ3v) is 17.9. The van der Waals surface area contributed by atoms with Gasteiger partial charge in [-0.05, 0) is 148 Å². The van der Waals surface area contributed by atoms with Gasteiger partial charge in [0.15, 0.2) is 12.2 Å². The summed E-state index contributed by atoms with van der Waals surface area (Å²) in [6.07, 6.45) is 88.3. The van der Waals surface area contributed by atoms with Gasteiger partial charge in [-0.25, -0.2) is 9.13 Å². The van der Waals surface area contributed by atoms with Crippen LogP contribution in [-0.4, -0.2) is 96.7 Å². The predicted molar refractivity (Wildman–Crippen MR) is 427 cm³/mol. The Bertz CT molecular complexity index is 2590. The lowest BCUT2D eigenvalue weighted by Crippen LogP contribution is -2.30. The Kier molecular flexibility index (Phi) is 72.0. The molecular formula is C85H140O17P2. The zero-order chi connectivity index (χ0) is 76.0. The Hall–Kier alpha value is -5.32. The summed E-state index contributed by atoms with van der Waals surface area (Å²) in [6, 6.07) is 0. The van der Waals surface area contributed by atoms with E-state index in [0.717, 1.165) is 199 Å². The highest BCUT2D eigenvalue weighted by atomic mass is 31.2. The Morgan fingerprint density at radius 2 is 0.558 bits per heavy atom. The van der Waals surface area contributed by atoms with Gasteiger partial charge in [-0.3, -0.25) is 37.3 Å². The first-order chi connectivity index (χ1) is 50.7. The molecule has 17 nitrogen and oxygen atoms in total. The highest BCUT2D eigenvalue weighted by Gasteiger charge is 2.30. The summed E-state index contributed by atoms with van der Waals surface area (Å²) in [5.41, 5.74) is 0. The van der Waals surface area contributed by atoms with Gasteiger partial charge in [0.1, 0.15) is 19.3 Å². The number of phosphoric acid groups is 2. The summed E-state index contributed by atoms with van der Waals surface area (Å²) in [7, 11) is -10.0. The molecule has 0 aliphatic heterocycles. The molecule has 0 heterocycles. The molecule has 0 aliphatic rings. The van der Waals surface area contributed by atoms with E-state index >= 15 is 0 Å². The van der Waals surface area contributed by atoms with Gasteiger partial charge in [0.2, 0.25) is 0 Å². The van der Waals surface area contributed by atoms with Crippen LogP contribution in [-0.2, 0) is 65.4 Å². The van der Waals surface area contributed by atoms with Crippen LogP contribution in [0.5, 0.6) is 0 Å². The average Bonchev–Trinajstić information content (AvgIpc) is 0.910. The van der Waals surface area contributed by atoms with Crippen molar-refractivity contribution in [1.29, 1.82) is 0 Å². The second kappa shape index (κ2) is 75.9. The number of aliphatic hydroxyl groups excluding tert-OH is 1. The molecule has 19 heteroatoms. The average molecular weight is 1500 g/mol. The topological polar surface area (TPSA) is 237 Å². The van der Waals surface area contributed by atoms with E-state index in [1.807, 2.05) is 12.2 Å². The highest BCUT2D eigenvalue weighted by molar-refractivity contribution is 7.47. The lowest BCUT2D eigenvalue weighted by atomic mass is 10.1. The van der Waals surface area contributed by atoms with Crippen LogP contribution >= 0.6 is 15.6 Å². The van der Waals surface area contributed by atoms with E-state index < -0.39 is 97.5 Å². The van der Waals surface area contributed by atoms with Crippen LogP contribution in [0.15, 0.2) is 158 Å². The van der Waals surface area contributed by atoms with Crippen molar-refractivity contribution in [1.82, 2.24) is 0 Å². The second-order valence-electron chi connectivity index (χ2n) is 25.9. The van der Waals surface area contributed by atoms with Crippen molar-refractivity contribution in [2.45, 2.75) is 316 Å². The fourth-order valence-corrected chi connectivity index (χ4v) is 11.6. The standard InChI is InChI=1S/C85H140O17P2/c1-5-9-13-17-21-25-29-33-36-38-39-41-44-47-50-54-58-62-66-70-83(88)96-76-81(102-85(90)72-68-64-60-56-52-48-42-35-31-27-23-19-15-11-7-3)78-100-104(93,94)98-74-79(86)73-97-103(91,92)99-77-80(101-84(89)71-67-63-59-55-51-45-32-28-24-20-16-12-8-4)75-95-82(87)69-65-61-57-53-49-46-43-40-37-34-30-26-22-18-14-10-6-2/h10-11,14-16,20-23,25-28,32-37,39,41-42,52,56,64,68,79-81,86H,5-9,12-13,17-19,24,29-31,38,40,43-51,53-55,57-63,65-67,69-78H2,1-4H3,(H,91,92)(H,93,94)/b14-10-,15-11-,20-16-,25-21-,26-22-,27-23-,32-28-,36-33-,37-34-,41-39-,42-35-,56-52-,68-64-. The molecular weight excluding hydrogens is 1350 g/mol. The number of unbranched alkanes of at least 4 members (excludes halogenated alkanes) is 22. The third kappa shape index (κ3) is 74.9. The minimum Gasteiger partial charge on any atom is -0.462 e. The normalized spacial score (nSPS) is 14.7. The molecule has 5 atom stereocenters. The molecule has 0 radical (unpaired) electrons. The van der Waals surface area contributed by atoms with Gasteiger partial charge < -0.3 is 33.8 Å². The summed E-state index contributed by atoms with van der Waals surface area (Å²) in [5.74, 6) is -2.37. The summed E-state index contributed by atoms with van der Waals surface area (Å²) in [4.78, 5) is 72.9. The number of hydrogen-bond donors (Lipinski definition) is 3. The van der Waals surface area contributed by atoms with Crippen molar-refractivity contribution < 1.29 is 80.2 Å². The zero-order valence-electron chi connectivity index (χ0n) is 64.6. The largest absolute Gasteiger partial charge is 0.472 e. The van der Waals surface area contributed by atoms with Crippen molar-refractivity contribution >= 4 is 39.5 Å². The van der Waals surface area contributed by atoms with E-state index in [9.17, 15) is 43.2 Å². The van der Waals surface area contributed by atoms with Crippen LogP contribution in [0.4, 0.5) is 0 Å². The van der Waals surface area contributed by atoms with Gasteiger partial charge in [-0.15, -0.1) is 0 Å². The van der Waals surface area contributed by atoms with Crippen molar-refractivity contribution in [3.05, 3.63) is 158 Å². The molecule has 3 N–H and O–H groups in total. The molecule has 0 bridgehead atoms. The number of phosphoric ester groups is 2. The van der Waals surface area contributed by atoms with Crippen molar-refractivity contribution in [3.63, 3.8) is 0 Å². The SMILES string of the molecule is CC/C=C\C/C=C\C/C=C\C/C=C\C/C=C\CC(=O)OC(COC(=O)CCCCCCCC/C=C\C/C=C\C/C=C\CCCCC)COP(=O)(O)OCC(O)COP(=O)(O)OCC(COC(=O)CCCCCCCCC/C=C\C/C=C\C/C=C\CC)OC(=O)CCCCCCC/C=C\C/C=C\CCC. The number of carbonyl (C=O) groups excluding carboxylic acids is 4. The van der Waals surface area contributed by atoms with E-state index in [4.69, 9.17) is 37.0 Å². The van der Waals surface area contributed by atoms with Gasteiger partial charge in [0.25, 0.3) is 0 Å². The van der Waals surface area contributed by atoms with Crippen LogP contribution in [0.1, 0.15) is 297 Å². The molecule has 0 amide bonds. The molecule has 0 aromatic carbocycles. The Labute approximate surface area is 629 Å². The maximum Gasteiger partial charge on any atom is 0.472 e. The quantitative estimate of drug-likeness (QED) is 0.0169. The molecule has 0 aromatic heterocycles. The number of ether oxygens (including phenoxy) is 4. The Morgan fingerprint density at radius 3 is 0.894 bits per heavy atom. The van der Waals surface area contributed by atoms with E-state index in [1.165, 1.54) is 19.3 Å². The molecule has 0 spiro atoms. The minimum absolute atomic E-state index is 0.0692. The van der Waals surface area contributed by atoms with Crippen molar-refractivity contribution in [2.75, 3.05) is 39.6 Å². The first-order valence-corrected chi connectivity index (χ1v) is 42.7. The molecule has 0 saturated carbocycles. The third-order valence-electron chi connectivity index (χ3n) is 16.0. The van der Waals surface area contributed by atoms with Crippen LogP contribution < -0.4 is 0 Å². The van der Waals surface area contributed by atoms with Crippen molar-refractivity contribution in [2.24, 2.45) is 0 Å². The summed E-state index contributed by atoms with van der Waals surface area (Å²) < 4.78 is 68.4. The summed E-state index contributed by atoms with van der Waals surface area (Å²) >= 11 is 0. The molecule has 592 valence electrons. The summed E-state index contributed by atoms with van der Waals surface area (Å²) in [5, 5.41) is 10.6. The maximum atomic E-state index is 13.1. The number of rotatable bonds is 73. The monoisotopic (exact) mass is 1490 g/mol. The molecule has 0 aliphatic carbocycles. The molecule has 0 rings (SSSR count). The van der Waals surface area contributed by atoms with Gasteiger partial charge in [-0.1, -0.05) is 282 Å². The van der Waals surface area contributed by atoms with Gasteiger partial charge in [0.05, 0.1) is 32.8 Å². The maximum absolute atomic E-state index is 13.1. The highest BCUT2D eigenvalue weighted by Crippen LogP contribution is 2.45. The zero-order valence-corrected chi connectivity index (χ0v) is 66.4. The van der Waals surface area contributed by atoms with Gasteiger partial charge >= 0.3 is 39.5 Å². The fourth-order valence-electron chi connectivity index (χ4n) is 10.0. The number of allylic oxidation sites excluding steroid dienone is 25. The fraction of sp³-hybridized carbons (Fsp3) is 0.647. The van der Waals surface area contributed by atoms with Crippen LogP contribution in [0.2, 0.25) is 0 Å². The number of esters is 4. The Morgan fingerprint density at radius 1 is 0.288 bits per heavy atom. The van der Waals surface area contributed by atoms with Crippen LogP contribution in [0.25, 0.3) is 0 Å². The van der Waals surface area contributed by atoms with E-state index in [2.05, 4.69) is 161 Å². The number of hydrogen-bond acceptors (Lipinski definition) is 15. The first-order valence-electron chi connectivity index (χ1n) is 39.7. The molecule has 5 unspecified atom stereocenters. The molecule has 104 heavy (non-hydrogen) atoms. The lowest BCUT2D eigenvalue weighted by molar-refractivity contribution is -0.161. The molecule has 0 aromatic rings. The van der Waals surface area contributed by atoms with Crippen molar-refractivity contribution in [3.8, 4) is 0 Å². The molecule has 0 saturated heterocycles. The van der Waals surface area contributed by atoms with Crippen LogP contribution in [0.3, 0.4) is 0 Å².